The van der Waals surface area contributed by atoms with Gasteiger partial charge in [0.25, 0.3) is 0 Å². The summed E-state index contributed by atoms with van der Waals surface area (Å²) in [4.78, 5) is 49.2. The van der Waals surface area contributed by atoms with E-state index in [2.05, 4.69) is 0 Å². The van der Waals surface area contributed by atoms with Crippen LogP contribution in [0.1, 0.15) is 11.1 Å². The molecule has 3 rings (SSSR count). The Morgan fingerprint density at radius 3 is 2.21 bits per heavy atom. The summed E-state index contributed by atoms with van der Waals surface area (Å²) in [7, 11) is 0. The number of rotatable bonds is 6. The number of barbiturate groups is 1. The van der Waals surface area contributed by atoms with E-state index >= 15 is 0 Å². The van der Waals surface area contributed by atoms with Gasteiger partial charge in [-0.15, -0.1) is 0 Å². The van der Waals surface area contributed by atoms with Gasteiger partial charge in [-0.05, 0) is 29.7 Å². The quantitative estimate of drug-likeness (QED) is 0.430. The van der Waals surface area contributed by atoms with Crippen molar-refractivity contribution in [1.82, 2.24) is 9.80 Å². The monoisotopic (exact) mass is 385 g/mol. The van der Waals surface area contributed by atoms with Gasteiger partial charge in [0.15, 0.2) is 0 Å². The number of amides is 4. The van der Waals surface area contributed by atoms with Gasteiger partial charge in [0.05, 0.1) is 6.54 Å². The van der Waals surface area contributed by atoms with Crippen molar-refractivity contribution in [1.29, 1.82) is 0 Å². The average molecular weight is 385 g/mol. The van der Waals surface area contributed by atoms with E-state index in [0.29, 0.717) is 20.9 Å². The van der Waals surface area contributed by atoms with E-state index in [0.717, 1.165) is 0 Å². The lowest BCUT2D eigenvalue weighted by molar-refractivity contribution is -0.496. The number of halogens is 1. The SMILES string of the molecule is O=C1C([N+](=O)[O-])C(=O)N(Cc2ccccc2)C(=O)N1CCc1cccc(F)c1. The Morgan fingerprint density at radius 1 is 0.929 bits per heavy atom. The van der Waals surface area contributed by atoms with E-state index in [1.165, 1.54) is 18.2 Å². The second-order valence-corrected chi connectivity index (χ2v) is 6.25. The van der Waals surface area contributed by atoms with E-state index in [1.807, 2.05) is 0 Å². The van der Waals surface area contributed by atoms with Crippen LogP contribution in [-0.2, 0) is 22.6 Å². The van der Waals surface area contributed by atoms with Crippen LogP contribution in [0.15, 0.2) is 54.6 Å². The van der Waals surface area contributed by atoms with Gasteiger partial charge in [-0.3, -0.25) is 29.5 Å². The Hall–Kier alpha value is -3.62. The van der Waals surface area contributed by atoms with Crippen LogP contribution in [-0.4, -0.2) is 45.2 Å². The number of nitro groups is 1. The van der Waals surface area contributed by atoms with Crippen LogP contribution in [0.4, 0.5) is 9.18 Å². The topological polar surface area (TPSA) is 101 Å². The lowest BCUT2D eigenvalue weighted by Crippen LogP contribution is -2.64. The Kier molecular flexibility index (Phi) is 5.44. The second kappa shape index (κ2) is 7.95. The van der Waals surface area contributed by atoms with Crippen LogP contribution in [0.25, 0.3) is 0 Å². The standard InChI is InChI=1S/C19H16FN3O5/c20-15-8-4-7-13(11-15)9-10-21-17(24)16(23(27)28)18(25)22(19(21)26)12-14-5-2-1-3-6-14/h1-8,11,16H,9-10,12H2. The van der Waals surface area contributed by atoms with Gasteiger partial charge in [0.2, 0.25) is 0 Å². The fourth-order valence-corrected chi connectivity index (χ4v) is 2.97. The third-order valence-corrected chi connectivity index (χ3v) is 4.37. The first-order chi connectivity index (χ1) is 13.4. The highest BCUT2D eigenvalue weighted by molar-refractivity contribution is 6.17. The summed E-state index contributed by atoms with van der Waals surface area (Å²) in [6.45, 7) is -0.392. The van der Waals surface area contributed by atoms with Crippen molar-refractivity contribution in [3.63, 3.8) is 0 Å². The first-order valence-electron chi connectivity index (χ1n) is 8.47. The Bertz CT molecular complexity index is 934. The highest BCUT2D eigenvalue weighted by atomic mass is 19.1. The number of hydrogen-bond acceptors (Lipinski definition) is 5. The maximum atomic E-state index is 13.3. The highest BCUT2D eigenvalue weighted by Gasteiger charge is 2.52. The molecule has 1 aliphatic rings. The number of carbonyl (C=O) groups excluding carboxylic acids is 3. The molecule has 0 saturated carbocycles. The predicted molar refractivity (Wildman–Crippen MR) is 95.0 cm³/mol. The summed E-state index contributed by atoms with van der Waals surface area (Å²) in [5.41, 5.74) is 1.11. The van der Waals surface area contributed by atoms with Gasteiger partial charge >= 0.3 is 23.9 Å². The van der Waals surface area contributed by atoms with Crippen LogP contribution in [0.5, 0.6) is 0 Å². The normalized spacial score (nSPS) is 17.2. The minimum atomic E-state index is -2.17. The smallest absolute Gasteiger partial charge is 0.266 e. The Morgan fingerprint density at radius 2 is 1.57 bits per heavy atom. The molecule has 1 fully saturated rings. The number of benzene rings is 2. The van der Waals surface area contributed by atoms with Crippen molar-refractivity contribution in [2.75, 3.05) is 6.54 Å². The maximum Gasteiger partial charge on any atom is 0.367 e. The predicted octanol–water partition coefficient (Wildman–Crippen LogP) is 2.00. The molecule has 9 heteroatoms. The number of hydrogen-bond donors (Lipinski definition) is 0. The zero-order valence-corrected chi connectivity index (χ0v) is 14.7. The third kappa shape index (κ3) is 3.88. The molecule has 1 heterocycles. The summed E-state index contributed by atoms with van der Waals surface area (Å²) < 4.78 is 13.3. The Labute approximate surface area is 159 Å². The zero-order valence-electron chi connectivity index (χ0n) is 14.7. The van der Waals surface area contributed by atoms with E-state index in [-0.39, 0.29) is 19.5 Å². The van der Waals surface area contributed by atoms with Gasteiger partial charge in [0.1, 0.15) is 5.82 Å². The van der Waals surface area contributed by atoms with E-state index in [9.17, 15) is 28.9 Å². The van der Waals surface area contributed by atoms with Crippen molar-refractivity contribution in [2.45, 2.75) is 19.0 Å². The molecule has 2 aromatic rings. The van der Waals surface area contributed by atoms with Crippen LogP contribution in [0.3, 0.4) is 0 Å². The molecule has 1 aliphatic heterocycles. The van der Waals surface area contributed by atoms with Crippen molar-refractivity contribution in [2.24, 2.45) is 0 Å². The molecule has 144 valence electrons. The molecule has 1 saturated heterocycles. The number of carbonyl (C=O) groups is 3. The molecule has 0 bridgehead atoms. The molecule has 1 atom stereocenters. The van der Waals surface area contributed by atoms with Gasteiger partial charge in [-0.1, -0.05) is 42.5 Å². The fraction of sp³-hybridized carbons (Fsp3) is 0.211. The van der Waals surface area contributed by atoms with E-state index in [4.69, 9.17) is 0 Å². The number of nitrogens with zero attached hydrogens (tertiary/aromatic N) is 3. The summed E-state index contributed by atoms with van der Waals surface area (Å²) in [5, 5.41) is 11.3. The first-order valence-corrected chi connectivity index (χ1v) is 8.47. The van der Waals surface area contributed by atoms with Crippen molar-refractivity contribution in [3.8, 4) is 0 Å². The molecule has 0 aliphatic carbocycles. The summed E-state index contributed by atoms with van der Waals surface area (Å²) in [6, 6.07) is 11.0. The largest absolute Gasteiger partial charge is 0.367 e. The summed E-state index contributed by atoms with van der Waals surface area (Å²) in [5.74, 6) is -2.82. The van der Waals surface area contributed by atoms with Crippen LogP contribution in [0, 0.1) is 15.9 Å². The molecule has 4 amide bonds. The first kappa shape index (κ1) is 19.2. The van der Waals surface area contributed by atoms with Crippen LogP contribution in [0.2, 0.25) is 0 Å². The van der Waals surface area contributed by atoms with Crippen molar-refractivity contribution >= 4 is 17.8 Å². The van der Waals surface area contributed by atoms with E-state index < -0.39 is 34.6 Å². The number of urea groups is 1. The van der Waals surface area contributed by atoms with E-state index in [1.54, 1.807) is 36.4 Å². The van der Waals surface area contributed by atoms with Gasteiger partial charge < -0.3 is 0 Å². The van der Waals surface area contributed by atoms with Gasteiger partial charge in [-0.2, -0.15) is 0 Å². The molecule has 0 radical (unpaired) electrons. The van der Waals surface area contributed by atoms with Gasteiger partial charge in [0, 0.05) is 11.5 Å². The molecule has 0 N–H and O–H groups in total. The Balaban J connectivity index is 1.85. The molecule has 1 unspecified atom stereocenters. The third-order valence-electron chi connectivity index (χ3n) is 4.37. The summed E-state index contributed by atoms with van der Waals surface area (Å²) >= 11 is 0. The molecule has 28 heavy (non-hydrogen) atoms. The van der Waals surface area contributed by atoms with Gasteiger partial charge in [-0.25, -0.2) is 9.18 Å². The summed E-state index contributed by atoms with van der Waals surface area (Å²) in [6.07, 6.45) is 0.104. The highest BCUT2D eigenvalue weighted by Crippen LogP contribution is 2.19. The van der Waals surface area contributed by atoms with Crippen molar-refractivity contribution < 1.29 is 23.7 Å². The fourth-order valence-electron chi connectivity index (χ4n) is 2.97. The lowest BCUT2D eigenvalue weighted by atomic mass is 10.1. The molecular formula is C19H16FN3O5. The number of imide groups is 2. The average Bonchev–Trinajstić information content (AvgIpc) is 2.66. The van der Waals surface area contributed by atoms with Crippen LogP contribution < -0.4 is 0 Å². The molecule has 8 nitrogen and oxygen atoms in total. The van der Waals surface area contributed by atoms with Crippen molar-refractivity contribution in [3.05, 3.63) is 81.7 Å². The zero-order chi connectivity index (χ0) is 20.3. The molecule has 0 aromatic heterocycles. The molecular weight excluding hydrogens is 369 g/mol. The second-order valence-electron chi connectivity index (χ2n) is 6.25. The lowest BCUT2D eigenvalue weighted by Gasteiger charge is -2.33. The molecule has 0 spiro atoms. The minimum Gasteiger partial charge on any atom is -0.266 e. The molecule has 2 aromatic carbocycles. The van der Waals surface area contributed by atoms with Crippen LogP contribution >= 0.6 is 0 Å². The minimum absolute atomic E-state index is 0.104. The maximum absolute atomic E-state index is 13.3.